The van der Waals surface area contributed by atoms with E-state index in [0.717, 1.165) is 18.4 Å². The van der Waals surface area contributed by atoms with Crippen molar-refractivity contribution in [2.75, 3.05) is 0 Å². The van der Waals surface area contributed by atoms with Gasteiger partial charge >= 0.3 is 6.03 Å². The van der Waals surface area contributed by atoms with Gasteiger partial charge in [0.15, 0.2) is 5.82 Å². The molecule has 2 aromatic heterocycles. The molecule has 1 atom stereocenters. The van der Waals surface area contributed by atoms with Gasteiger partial charge < -0.3 is 5.32 Å². The molecule has 3 amide bonds. The number of nitrogens with zero attached hydrogens (tertiary/aromatic N) is 4. The number of rotatable bonds is 4. The van der Waals surface area contributed by atoms with Gasteiger partial charge in [0.05, 0.1) is 6.54 Å². The molecule has 1 saturated carbocycles. The Hall–Kier alpha value is -2.70. The van der Waals surface area contributed by atoms with Gasteiger partial charge in [-0.05, 0) is 43.4 Å². The smallest absolute Gasteiger partial charge is 0.323 e. The summed E-state index contributed by atoms with van der Waals surface area (Å²) in [6, 6.07) is 5.18. The van der Waals surface area contributed by atoms with Crippen LogP contribution in [0.2, 0.25) is 0 Å². The lowest BCUT2D eigenvalue weighted by Gasteiger charge is -2.20. The first-order valence-electron chi connectivity index (χ1n) is 7.67. The third kappa shape index (κ3) is 2.28. The van der Waals surface area contributed by atoms with E-state index in [-0.39, 0.29) is 24.4 Å². The number of urea groups is 1. The summed E-state index contributed by atoms with van der Waals surface area (Å²) in [5.41, 5.74) is 0.0731. The summed E-state index contributed by atoms with van der Waals surface area (Å²) < 4.78 is 1.65. The van der Waals surface area contributed by atoms with Crippen molar-refractivity contribution in [2.24, 2.45) is 5.92 Å². The Morgan fingerprint density at radius 1 is 1.35 bits per heavy atom. The van der Waals surface area contributed by atoms with Gasteiger partial charge in [-0.1, -0.05) is 6.07 Å². The zero-order valence-electron chi connectivity index (χ0n) is 12.8. The van der Waals surface area contributed by atoms with Crippen molar-refractivity contribution in [2.45, 2.75) is 31.8 Å². The highest BCUT2D eigenvalue weighted by Gasteiger charge is 2.55. The Morgan fingerprint density at radius 2 is 2.17 bits per heavy atom. The summed E-state index contributed by atoms with van der Waals surface area (Å²) >= 11 is 0. The van der Waals surface area contributed by atoms with E-state index in [1.807, 2.05) is 25.1 Å². The molecule has 0 spiro atoms. The number of hydrogen-bond acceptors (Lipinski definition) is 4. The first-order valence-corrected chi connectivity index (χ1v) is 7.67. The minimum absolute atomic E-state index is 0.138. The number of imide groups is 1. The van der Waals surface area contributed by atoms with Crippen LogP contribution in [0.3, 0.4) is 0 Å². The van der Waals surface area contributed by atoms with E-state index in [1.54, 1.807) is 23.3 Å². The first kappa shape index (κ1) is 13.9. The summed E-state index contributed by atoms with van der Waals surface area (Å²) in [5.74, 6) is 0.823. The van der Waals surface area contributed by atoms with Gasteiger partial charge in [-0.3, -0.25) is 9.69 Å². The molecule has 2 aliphatic rings. The molecular weight excluding hydrogens is 294 g/mol. The molecular formula is C16H17N5O2. The van der Waals surface area contributed by atoms with Gasteiger partial charge in [0, 0.05) is 18.6 Å². The van der Waals surface area contributed by atoms with Crippen molar-refractivity contribution >= 4 is 11.9 Å². The van der Waals surface area contributed by atoms with E-state index >= 15 is 0 Å². The predicted molar refractivity (Wildman–Crippen MR) is 81.6 cm³/mol. The van der Waals surface area contributed by atoms with E-state index < -0.39 is 5.54 Å². The largest absolute Gasteiger partial charge is 0.325 e. The number of pyridine rings is 1. The summed E-state index contributed by atoms with van der Waals surface area (Å²) in [6.07, 6.45) is 7.15. The maximum absolute atomic E-state index is 12.6. The fourth-order valence-corrected chi connectivity index (χ4v) is 3.03. The van der Waals surface area contributed by atoms with Gasteiger partial charge in [0.1, 0.15) is 5.54 Å². The maximum atomic E-state index is 12.6. The lowest BCUT2D eigenvalue weighted by Crippen LogP contribution is -2.46. The van der Waals surface area contributed by atoms with Gasteiger partial charge in [-0.25, -0.2) is 14.5 Å². The zero-order chi connectivity index (χ0) is 16.0. The number of nitrogens with one attached hydrogen (secondary N) is 1. The fraction of sp³-hybridized carbons (Fsp3) is 0.375. The zero-order valence-corrected chi connectivity index (χ0v) is 12.8. The summed E-state index contributed by atoms with van der Waals surface area (Å²) in [7, 11) is 0. The molecule has 4 rings (SSSR count). The minimum Gasteiger partial charge on any atom is -0.323 e. The van der Waals surface area contributed by atoms with Gasteiger partial charge in [0.2, 0.25) is 0 Å². The molecule has 3 heterocycles. The van der Waals surface area contributed by atoms with Crippen LogP contribution >= 0.6 is 0 Å². The van der Waals surface area contributed by atoms with Crippen LogP contribution in [-0.4, -0.2) is 37.1 Å². The van der Waals surface area contributed by atoms with Crippen molar-refractivity contribution in [3.8, 4) is 5.82 Å². The molecule has 1 saturated heterocycles. The fourth-order valence-electron chi connectivity index (χ4n) is 3.03. The van der Waals surface area contributed by atoms with E-state index in [9.17, 15) is 9.59 Å². The second-order valence-corrected chi connectivity index (χ2v) is 6.27. The highest BCUT2D eigenvalue weighted by Crippen LogP contribution is 2.42. The second kappa shape index (κ2) is 4.91. The Morgan fingerprint density at radius 3 is 2.78 bits per heavy atom. The summed E-state index contributed by atoms with van der Waals surface area (Å²) in [6.45, 7) is 2.06. The standard InChI is InChI=1S/C16H17N5O2/c1-16(12-4-5-12)14(22)20(15(23)19-16)10-11-3-6-13(17-9-11)21-8-2-7-18-21/h2-3,6-9,12H,4-5,10H2,1H3,(H,19,23)/t16-/m0/s1. The molecule has 1 aliphatic carbocycles. The number of amides is 3. The van der Waals surface area contributed by atoms with Crippen LogP contribution in [0, 0.1) is 5.92 Å². The molecule has 2 aromatic rings. The second-order valence-electron chi connectivity index (χ2n) is 6.27. The Balaban J connectivity index is 1.52. The van der Waals surface area contributed by atoms with Crippen molar-refractivity contribution in [3.05, 3.63) is 42.4 Å². The van der Waals surface area contributed by atoms with E-state index in [0.29, 0.717) is 5.82 Å². The molecule has 2 fully saturated rings. The third-order valence-electron chi connectivity index (χ3n) is 4.58. The molecule has 23 heavy (non-hydrogen) atoms. The van der Waals surface area contributed by atoms with Gasteiger partial charge in [0.25, 0.3) is 5.91 Å². The van der Waals surface area contributed by atoms with Crippen molar-refractivity contribution in [1.29, 1.82) is 0 Å². The molecule has 1 aliphatic heterocycles. The Bertz CT molecular complexity index is 751. The van der Waals surface area contributed by atoms with Crippen LogP contribution < -0.4 is 5.32 Å². The number of hydrogen-bond donors (Lipinski definition) is 1. The average molecular weight is 311 g/mol. The molecule has 1 N–H and O–H groups in total. The highest BCUT2D eigenvalue weighted by atomic mass is 16.2. The average Bonchev–Trinajstić information content (AvgIpc) is 3.23. The van der Waals surface area contributed by atoms with Crippen LogP contribution in [0.1, 0.15) is 25.3 Å². The molecule has 7 nitrogen and oxygen atoms in total. The molecule has 0 radical (unpaired) electrons. The highest BCUT2D eigenvalue weighted by molar-refractivity contribution is 6.07. The predicted octanol–water partition coefficient (Wildman–Crippen LogP) is 1.49. The van der Waals surface area contributed by atoms with Crippen LogP contribution in [-0.2, 0) is 11.3 Å². The molecule has 118 valence electrons. The molecule has 7 heteroatoms. The third-order valence-corrected chi connectivity index (χ3v) is 4.58. The van der Waals surface area contributed by atoms with E-state index in [2.05, 4.69) is 15.4 Å². The number of carbonyl (C=O) groups excluding carboxylic acids is 2. The molecule has 0 unspecified atom stereocenters. The lowest BCUT2D eigenvalue weighted by molar-refractivity contribution is -0.131. The Labute approximate surface area is 133 Å². The van der Waals surface area contributed by atoms with Gasteiger partial charge in [-0.2, -0.15) is 5.10 Å². The number of aromatic nitrogens is 3. The maximum Gasteiger partial charge on any atom is 0.325 e. The minimum atomic E-state index is -0.737. The molecule has 0 bridgehead atoms. The van der Waals surface area contributed by atoms with Gasteiger partial charge in [-0.15, -0.1) is 0 Å². The SMILES string of the molecule is C[C@@]1(C2CC2)NC(=O)N(Cc2ccc(-n3cccn3)nc2)C1=O. The van der Waals surface area contributed by atoms with Crippen molar-refractivity contribution < 1.29 is 9.59 Å². The van der Waals surface area contributed by atoms with Crippen LogP contribution in [0.4, 0.5) is 4.79 Å². The van der Waals surface area contributed by atoms with E-state index in [4.69, 9.17) is 0 Å². The monoisotopic (exact) mass is 311 g/mol. The first-order chi connectivity index (χ1) is 11.1. The van der Waals surface area contributed by atoms with Crippen molar-refractivity contribution in [3.63, 3.8) is 0 Å². The topological polar surface area (TPSA) is 80.1 Å². The quantitative estimate of drug-likeness (QED) is 0.868. The Kier molecular flexibility index (Phi) is 2.97. The summed E-state index contributed by atoms with van der Waals surface area (Å²) in [5, 5.41) is 6.96. The molecule has 0 aromatic carbocycles. The lowest BCUT2D eigenvalue weighted by atomic mass is 9.96. The number of carbonyl (C=O) groups is 2. The van der Waals surface area contributed by atoms with Crippen LogP contribution in [0.25, 0.3) is 5.82 Å². The van der Waals surface area contributed by atoms with Crippen LogP contribution in [0.15, 0.2) is 36.8 Å². The normalized spacial score (nSPS) is 24.1. The van der Waals surface area contributed by atoms with Crippen molar-refractivity contribution in [1.82, 2.24) is 25.0 Å². The van der Waals surface area contributed by atoms with Crippen LogP contribution in [0.5, 0.6) is 0 Å². The summed E-state index contributed by atoms with van der Waals surface area (Å²) in [4.78, 5) is 30.3. The van der Waals surface area contributed by atoms with E-state index in [1.165, 1.54) is 4.90 Å².